The van der Waals surface area contributed by atoms with Crippen LogP contribution in [0.15, 0.2) is 30.9 Å². The highest BCUT2D eigenvalue weighted by Crippen LogP contribution is 2.29. The number of likely N-dealkylation sites (tertiary alicyclic amines) is 1. The Morgan fingerprint density at radius 2 is 2.19 bits per heavy atom. The maximum atomic E-state index is 13.1. The minimum atomic E-state index is -0.0825. The number of piperidine rings is 1. The van der Waals surface area contributed by atoms with E-state index >= 15 is 0 Å². The van der Waals surface area contributed by atoms with Crippen LogP contribution < -0.4 is 20.5 Å². The van der Waals surface area contributed by atoms with Crippen LogP contribution in [0.3, 0.4) is 0 Å². The molecule has 27 heavy (non-hydrogen) atoms. The Kier molecular flexibility index (Phi) is 8.13. The standard InChI is InChI=1S/C20H29N3O4/c1-3-12-27-17-8-7-15(13-18(17)26-2)20(25)23-11-5-4-6-16(23)14-22-19(24)9-10-21/h3,7-8,13,16H,1,4-6,9-12,14,21H2,2H3,(H,22,24). The highest BCUT2D eigenvalue weighted by atomic mass is 16.5. The fourth-order valence-corrected chi connectivity index (χ4v) is 3.17. The Bertz CT molecular complexity index is 663. The molecule has 1 atom stereocenters. The summed E-state index contributed by atoms with van der Waals surface area (Å²) in [6.45, 7) is 5.43. The Morgan fingerprint density at radius 1 is 1.37 bits per heavy atom. The zero-order chi connectivity index (χ0) is 19.6. The highest BCUT2D eigenvalue weighted by molar-refractivity contribution is 5.95. The Balaban J connectivity index is 2.10. The SMILES string of the molecule is C=CCOc1ccc(C(=O)N2CCCCC2CNC(=O)CCN)cc1OC. The number of nitrogens with one attached hydrogen (secondary N) is 1. The minimum Gasteiger partial charge on any atom is -0.493 e. The first kappa shape index (κ1) is 20.8. The molecular weight excluding hydrogens is 346 g/mol. The van der Waals surface area contributed by atoms with E-state index in [4.69, 9.17) is 15.2 Å². The molecule has 0 aliphatic carbocycles. The summed E-state index contributed by atoms with van der Waals surface area (Å²) in [4.78, 5) is 26.6. The third kappa shape index (κ3) is 5.72. The number of methoxy groups -OCH3 is 1. The quantitative estimate of drug-likeness (QED) is 0.641. The van der Waals surface area contributed by atoms with E-state index in [1.165, 1.54) is 0 Å². The Hall–Kier alpha value is -2.54. The van der Waals surface area contributed by atoms with E-state index in [0.717, 1.165) is 19.3 Å². The van der Waals surface area contributed by atoms with Gasteiger partial charge in [0.15, 0.2) is 11.5 Å². The summed E-state index contributed by atoms with van der Waals surface area (Å²) in [5.74, 6) is 0.924. The highest BCUT2D eigenvalue weighted by Gasteiger charge is 2.28. The van der Waals surface area contributed by atoms with Gasteiger partial charge >= 0.3 is 0 Å². The van der Waals surface area contributed by atoms with E-state index in [1.807, 2.05) is 4.90 Å². The maximum Gasteiger partial charge on any atom is 0.254 e. The van der Waals surface area contributed by atoms with Gasteiger partial charge in [-0.2, -0.15) is 0 Å². The number of nitrogens with zero attached hydrogens (tertiary/aromatic N) is 1. The summed E-state index contributed by atoms with van der Waals surface area (Å²) in [7, 11) is 1.54. The first-order valence-electron chi connectivity index (χ1n) is 9.30. The molecule has 0 radical (unpaired) electrons. The normalized spacial score (nSPS) is 16.5. The van der Waals surface area contributed by atoms with Crippen molar-refractivity contribution in [2.45, 2.75) is 31.7 Å². The average molecular weight is 375 g/mol. The topological polar surface area (TPSA) is 93.9 Å². The van der Waals surface area contributed by atoms with Crippen LogP contribution in [0, 0.1) is 0 Å². The van der Waals surface area contributed by atoms with Gasteiger partial charge in [-0.3, -0.25) is 9.59 Å². The molecule has 1 saturated heterocycles. The summed E-state index contributed by atoms with van der Waals surface area (Å²) in [6.07, 6.45) is 4.81. The van der Waals surface area contributed by atoms with Gasteiger partial charge in [-0.15, -0.1) is 0 Å². The van der Waals surface area contributed by atoms with E-state index in [1.54, 1.807) is 31.4 Å². The number of ether oxygens (including phenoxy) is 2. The van der Waals surface area contributed by atoms with Gasteiger partial charge in [-0.25, -0.2) is 0 Å². The molecule has 1 aromatic rings. The van der Waals surface area contributed by atoms with Crippen LogP contribution in [0.5, 0.6) is 11.5 Å². The van der Waals surface area contributed by atoms with Gasteiger partial charge in [-0.1, -0.05) is 12.7 Å². The lowest BCUT2D eigenvalue weighted by molar-refractivity contribution is -0.121. The predicted octanol–water partition coefficient (Wildman–Crippen LogP) is 1.72. The number of hydrogen-bond donors (Lipinski definition) is 2. The van der Waals surface area contributed by atoms with Gasteiger partial charge in [0.05, 0.1) is 7.11 Å². The van der Waals surface area contributed by atoms with Crippen molar-refractivity contribution >= 4 is 11.8 Å². The number of carbonyl (C=O) groups excluding carboxylic acids is 2. The monoisotopic (exact) mass is 375 g/mol. The van der Waals surface area contributed by atoms with Crippen molar-refractivity contribution in [2.75, 3.05) is 33.4 Å². The molecule has 1 aromatic carbocycles. The molecule has 1 fully saturated rings. The van der Waals surface area contributed by atoms with Gasteiger partial charge in [0.25, 0.3) is 5.91 Å². The molecule has 1 heterocycles. The number of amides is 2. The van der Waals surface area contributed by atoms with Gasteiger partial charge in [-0.05, 0) is 37.5 Å². The van der Waals surface area contributed by atoms with Crippen molar-refractivity contribution in [3.8, 4) is 11.5 Å². The number of nitrogens with two attached hydrogens (primary N) is 1. The van der Waals surface area contributed by atoms with Crippen LogP contribution in [-0.4, -0.2) is 56.1 Å². The molecule has 0 spiro atoms. The average Bonchev–Trinajstić information content (AvgIpc) is 2.70. The fourth-order valence-electron chi connectivity index (χ4n) is 3.17. The number of benzene rings is 1. The molecule has 0 saturated carbocycles. The van der Waals surface area contributed by atoms with Gasteiger partial charge in [0.2, 0.25) is 5.91 Å². The van der Waals surface area contributed by atoms with Crippen molar-refractivity contribution in [3.63, 3.8) is 0 Å². The van der Waals surface area contributed by atoms with Gasteiger partial charge < -0.3 is 25.4 Å². The molecule has 1 aliphatic heterocycles. The lowest BCUT2D eigenvalue weighted by Crippen LogP contribution is -2.49. The largest absolute Gasteiger partial charge is 0.493 e. The molecule has 0 bridgehead atoms. The van der Waals surface area contributed by atoms with Gasteiger partial charge in [0, 0.05) is 37.7 Å². The summed E-state index contributed by atoms with van der Waals surface area (Å²) in [5, 5.41) is 2.88. The molecular formula is C20H29N3O4. The van der Waals surface area contributed by atoms with E-state index in [9.17, 15) is 9.59 Å². The van der Waals surface area contributed by atoms with Crippen molar-refractivity contribution in [1.29, 1.82) is 0 Å². The molecule has 1 unspecified atom stereocenters. The van der Waals surface area contributed by atoms with Crippen molar-refractivity contribution in [3.05, 3.63) is 36.4 Å². The number of rotatable bonds is 9. The summed E-state index contributed by atoms with van der Waals surface area (Å²) in [5.41, 5.74) is 5.95. The summed E-state index contributed by atoms with van der Waals surface area (Å²) < 4.78 is 10.9. The van der Waals surface area contributed by atoms with E-state index < -0.39 is 0 Å². The van der Waals surface area contributed by atoms with Crippen LogP contribution in [0.1, 0.15) is 36.0 Å². The molecule has 7 heteroatoms. The lowest BCUT2D eigenvalue weighted by Gasteiger charge is -2.36. The second-order valence-electron chi connectivity index (χ2n) is 6.46. The van der Waals surface area contributed by atoms with Crippen LogP contribution in [0.25, 0.3) is 0 Å². The van der Waals surface area contributed by atoms with Crippen LogP contribution in [0.4, 0.5) is 0 Å². The third-order valence-electron chi connectivity index (χ3n) is 4.56. The van der Waals surface area contributed by atoms with E-state index in [2.05, 4.69) is 11.9 Å². The van der Waals surface area contributed by atoms with Crippen molar-refractivity contribution in [2.24, 2.45) is 5.73 Å². The van der Waals surface area contributed by atoms with Crippen LogP contribution >= 0.6 is 0 Å². The minimum absolute atomic E-state index is 0.0179. The third-order valence-corrected chi connectivity index (χ3v) is 4.56. The molecule has 1 aliphatic rings. The van der Waals surface area contributed by atoms with Crippen molar-refractivity contribution in [1.82, 2.24) is 10.2 Å². The van der Waals surface area contributed by atoms with Gasteiger partial charge in [0.1, 0.15) is 6.61 Å². The smallest absolute Gasteiger partial charge is 0.254 e. The molecule has 3 N–H and O–H groups in total. The molecule has 0 aromatic heterocycles. The molecule has 148 valence electrons. The second-order valence-corrected chi connectivity index (χ2v) is 6.46. The zero-order valence-corrected chi connectivity index (χ0v) is 15.9. The maximum absolute atomic E-state index is 13.1. The first-order chi connectivity index (χ1) is 13.1. The van der Waals surface area contributed by atoms with E-state index in [-0.39, 0.29) is 17.9 Å². The second kappa shape index (κ2) is 10.6. The molecule has 2 amide bonds. The lowest BCUT2D eigenvalue weighted by atomic mass is 10.0. The number of carbonyl (C=O) groups is 2. The first-order valence-corrected chi connectivity index (χ1v) is 9.30. The summed E-state index contributed by atoms with van der Waals surface area (Å²) in [6, 6.07) is 5.15. The predicted molar refractivity (Wildman–Crippen MR) is 104 cm³/mol. The Labute approximate surface area is 160 Å². The fraction of sp³-hybridized carbons (Fsp3) is 0.500. The zero-order valence-electron chi connectivity index (χ0n) is 15.9. The van der Waals surface area contributed by atoms with E-state index in [0.29, 0.717) is 49.7 Å². The molecule has 2 rings (SSSR count). The van der Waals surface area contributed by atoms with Crippen LogP contribution in [-0.2, 0) is 4.79 Å². The molecule has 7 nitrogen and oxygen atoms in total. The summed E-state index contributed by atoms with van der Waals surface area (Å²) >= 11 is 0. The van der Waals surface area contributed by atoms with Crippen LogP contribution in [0.2, 0.25) is 0 Å². The Morgan fingerprint density at radius 3 is 2.89 bits per heavy atom. The number of hydrogen-bond acceptors (Lipinski definition) is 5. The van der Waals surface area contributed by atoms with Crippen molar-refractivity contribution < 1.29 is 19.1 Å².